The van der Waals surface area contributed by atoms with Crippen molar-refractivity contribution >= 4 is 11.4 Å². The van der Waals surface area contributed by atoms with Crippen LogP contribution in [0, 0.1) is 0 Å². The largest absolute Gasteiger partial charge is 0.492 e. The van der Waals surface area contributed by atoms with Crippen molar-refractivity contribution in [2.75, 3.05) is 13.7 Å². The molecule has 0 bridgehead atoms. The van der Waals surface area contributed by atoms with Crippen molar-refractivity contribution in [3.8, 4) is 5.75 Å². The number of furan rings is 1. The van der Waals surface area contributed by atoms with Crippen LogP contribution in [0.4, 0.5) is 13.2 Å². The predicted octanol–water partition coefficient (Wildman–Crippen LogP) is 4.71. The van der Waals surface area contributed by atoms with E-state index in [-0.39, 0.29) is 35.1 Å². The minimum absolute atomic E-state index is 0.00139. The highest BCUT2D eigenvalue weighted by Gasteiger charge is 2.42. The first-order valence-corrected chi connectivity index (χ1v) is 8.88. The number of hydrogen-bond acceptors (Lipinski definition) is 5. The summed E-state index contributed by atoms with van der Waals surface area (Å²) in [6.07, 6.45) is -2.95. The van der Waals surface area contributed by atoms with Crippen LogP contribution >= 0.6 is 0 Å². The Morgan fingerprint density at radius 2 is 2.00 bits per heavy atom. The van der Waals surface area contributed by atoms with Gasteiger partial charge < -0.3 is 19.2 Å². The molecule has 1 N–H and O–H groups in total. The van der Waals surface area contributed by atoms with Gasteiger partial charge in [-0.1, -0.05) is 25.5 Å². The Hall–Kier alpha value is -2.90. The lowest BCUT2D eigenvalue weighted by molar-refractivity contribution is -0.139. The van der Waals surface area contributed by atoms with E-state index in [0.717, 1.165) is 12.5 Å². The smallest absolute Gasteiger partial charge is 0.419 e. The highest BCUT2D eigenvalue weighted by molar-refractivity contribution is 6.25. The van der Waals surface area contributed by atoms with Gasteiger partial charge in [0.2, 0.25) is 11.9 Å². The Balaban J connectivity index is 2.09. The lowest BCUT2D eigenvalue weighted by Crippen LogP contribution is -2.14. The van der Waals surface area contributed by atoms with Crippen molar-refractivity contribution in [1.29, 1.82) is 0 Å². The third kappa shape index (κ3) is 3.72. The van der Waals surface area contributed by atoms with E-state index < -0.39 is 23.6 Å². The number of para-hydroxylation sites is 1. The van der Waals surface area contributed by atoms with Gasteiger partial charge in [-0.3, -0.25) is 4.79 Å². The van der Waals surface area contributed by atoms with E-state index in [2.05, 4.69) is 5.32 Å². The molecule has 1 aliphatic rings. The maximum Gasteiger partial charge on any atom is 0.419 e. The van der Waals surface area contributed by atoms with Crippen LogP contribution in [0.3, 0.4) is 0 Å². The number of unbranched alkanes of at least 4 members (excludes halogenated alkanes) is 1. The zero-order valence-corrected chi connectivity index (χ0v) is 15.4. The van der Waals surface area contributed by atoms with Crippen LogP contribution in [0.2, 0.25) is 0 Å². The van der Waals surface area contributed by atoms with E-state index in [4.69, 9.17) is 13.9 Å². The van der Waals surface area contributed by atoms with Gasteiger partial charge in [0.05, 0.1) is 24.0 Å². The van der Waals surface area contributed by atoms with Crippen molar-refractivity contribution in [1.82, 2.24) is 5.32 Å². The minimum atomic E-state index is -4.62. The molecule has 1 aliphatic heterocycles. The number of ether oxygens (including phenoxy) is 2. The van der Waals surface area contributed by atoms with Crippen LogP contribution in [0.1, 0.15) is 42.8 Å². The normalized spacial score (nSPS) is 17.0. The summed E-state index contributed by atoms with van der Waals surface area (Å²) in [5.41, 5.74) is -0.894. The molecule has 2 heterocycles. The van der Waals surface area contributed by atoms with E-state index in [1.165, 1.54) is 25.4 Å². The third-order valence-electron chi connectivity index (χ3n) is 4.31. The summed E-state index contributed by atoms with van der Waals surface area (Å²) < 4.78 is 57.0. The second kappa shape index (κ2) is 8.00. The molecular formula is C20H20F3NO4. The van der Waals surface area contributed by atoms with Gasteiger partial charge in [0.1, 0.15) is 5.75 Å². The predicted molar refractivity (Wildman–Crippen MR) is 95.4 cm³/mol. The number of rotatable bonds is 7. The summed E-state index contributed by atoms with van der Waals surface area (Å²) in [4.78, 5) is 13.0. The summed E-state index contributed by atoms with van der Waals surface area (Å²) in [6, 6.07) is 6.79. The van der Waals surface area contributed by atoms with Crippen LogP contribution < -0.4 is 10.1 Å². The molecule has 0 saturated heterocycles. The molecular weight excluding hydrogens is 375 g/mol. The molecule has 0 saturated carbocycles. The minimum Gasteiger partial charge on any atom is -0.492 e. The summed E-state index contributed by atoms with van der Waals surface area (Å²) in [5.74, 6) is -0.526. The number of ketones is 1. The number of Topliss-reactive ketones (excluding diaryl/α,β-unsaturated/α-hetero) is 1. The van der Waals surface area contributed by atoms with Gasteiger partial charge in [0, 0.05) is 12.6 Å². The molecule has 1 aromatic heterocycles. The van der Waals surface area contributed by atoms with E-state index >= 15 is 0 Å². The Morgan fingerprint density at radius 3 is 2.61 bits per heavy atom. The number of carbonyl (C=O) groups is 1. The molecule has 8 heteroatoms. The molecule has 28 heavy (non-hydrogen) atoms. The molecule has 150 valence electrons. The average molecular weight is 395 g/mol. The topological polar surface area (TPSA) is 60.7 Å². The lowest BCUT2D eigenvalue weighted by Gasteiger charge is -2.18. The molecule has 0 radical (unpaired) electrons. The maximum absolute atomic E-state index is 13.6. The molecule has 1 aromatic carbocycles. The number of benzene rings is 1. The van der Waals surface area contributed by atoms with Gasteiger partial charge in [-0.2, -0.15) is 13.2 Å². The number of nitrogens with one attached hydrogen (secondary N) is 1. The van der Waals surface area contributed by atoms with E-state index in [9.17, 15) is 18.0 Å². The molecule has 5 nitrogen and oxygen atoms in total. The summed E-state index contributed by atoms with van der Waals surface area (Å²) >= 11 is 0. The molecule has 0 amide bonds. The van der Waals surface area contributed by atoms with E-state index in [1.54, 1.807) is 12.1 Å². The highest BCUT2D eigenvalue weighted by atomic mass is 19.4. The molecule has 0 spiro atoms. The second-order valence-corrected chi connectivity index (χ2v) is 6.21. The average Bonchev–Trinajstić information content (AvgIpc) is 3.28. The first-order valence-electron chi connectivity index (χ1n) is 8.88. The summed E-state index contributed by atoms with van der Waals surface area (Å²) in [7, 11) is 1.53. The third-order valence-corrected chi connectivity index (χ3v) is 4.31. The van der Waals surface area contributed by atoms with Gasteiger partial charge in [-0.25, -0.2) is 0 Å². The lowest BCUT2D eigenvalue weighted by atomic mass is 9.96. The quantitative estimate of drug-likeness (QED) is 0.689. The number of carbonyl (C=O) groups excluding carboxylic acids is 1. The van der Waals surface area contributed by atoms with Gasteiger partial charge in [0.15, 0.2) is 11.6 Å². The monoisotopic (exact) mass is 395 g/mol. The maximum atomic E-state index is 13.6. The molecule has 0 fully saturated rings. The van der Waals surface area contributed by atoms with Crippen molar-refractivity contribution in [3.63, 3.8) is 0 Å². The SMILES string of the molecule is CCCCOc1c(C2=C(NC)OC(c3ccco3)C2=O)cccc1C(F)(F)F. The van der Waals surface area contributed by atoms with Crippen molar-refractivity contribution in [2.45, 2.75) is 32.0 Å². The Morgan fingerprint density at radius 1 is 1.21 bits per heavy atom. The highest BCUT2D eigenvalue weighted by Crippen LogP contribution is 2.45. The molecule has 0 aliphatic carbocycles. The van der Waals surface area contributed by atoms with Crippen molar-refractivity contribution in [2.24, 2.45) is 0 Å². The first kappa shape index (κ1) is 19.9. The molecule has 3 rings (SSSR count). The molecule has 1 atom stereocenters. The summed E-state index contributed by atoms with van der Waals surface area (Å²) in [5, 5.41) is 2.75. The van der Waals surface area contributed by atoms with Gasteiger partial charge in [-0.05, 0) is 24.6 Å². The number of halogens is 3. The first-order chi connectivity index (χ1) is 13.4. The second-order valence-electron chi connectivity index (χ2n) is 6.21. The van der Waals surface area contributed by atoms with E-state index in [0.29, 0.717) is 6.42 Å². The van der Waals surface area contributed by atoms with Crippen LogP contribution in [-0.2, 0) is 15.7 Å². The number of hydrogen-bond donors (Lipinski definition) is 1. The Labute approximate surface area is 160 Å². The van der Waals surface area contributed by atoms with Gasteiger partial charge >= 0.3 is 6.18 Å². The summed E-state index contributed by atoms with van der Waals surface area (Å²) in [6.45, 7) is 2.01. The van der Waals surface area contributed by atoms with Crippen LogP contribution in [0.5, 0.6) is 5.75 Å². The zero-order valence-electron chi connectivity index (χ0n) is 15.4. The standard InChI is InChI=1S/C20H20F3NO4/c1-3-4-10-27-17-12(7-5-8-13(17)20(21,22)23)15-16(25)18(28-19(15)24-2)14-9-6-11-26-14/h5-9,11,18,24H,3-4,10H2,1-2H3. The molecule has 1 unspecified atom stereocenters. The fourth-order valence-corrected chi connectivity index (χ4v) is 2.97. The zero-order chi connectivity index (χ0) is 20.3. The number of alkyl halides is 3. The fraction of sp³-hybridized carbons (Fsp3) is 0.350. The fourth-order valence-electron chi connectivity index (χ4n) is 2.97. The van der Waals surface area contributed by atoms with Gasteiger partial charge in [-0.15, -0.1) is 0 Å². The van der Waals surface area contributed by atoms with Gasteiger partial charge in [0.25, 0.3) is 0 Å². The van der Waals surface area contributed by atoms with Crippen molar-refractivity contribution < 1.29 is 31.9 Å². The Kier molecular flexibility index (Phi) is 5.67. The Bertz CT molecular complexity index is 872. The molecule has 2 aromatic rings. The van der Waals surface area contributed by atoms with E-state index in [1.807, 2.05) is 6.92 Å². The van der Waals surface area contributed by atoms with Crippen molar-refractivity contribution in [3.05, 3.63) is 59.4 Å². The van der Waals surface area contributed by atoms with Crippen LogP contribution in [0.25, 0.3) is 5.57 Å². The van der Waals surface area contributed by atoms with Crippen LogP contribution in [-0.4, -0.2) is 19.4 Å². The van der Waals surface area contributed by atoms with Crippen LogP contribution in [0.15, 0.2) is 46.9 Å².